The number of hydrogen-bond donors (Lipinski definition) is 6. The second-order valence-electron chi connectivity index (χ2n) is 9.97. The Kier molecular flexibility index (Phi) is 6.08. The van der Waals surface area contributed by atoms with E-state index in [0.29, 0.717) is 0 Å². The number of primary amides is 1. The summed E-state index contributed by atoms with van der Waals surface area (Å²) in [5.41, 5.74) is 6.95. The Morgan fingerprint density at radius 3 is 2.35 bits per heavy atom. The highest BCUT2D eigenvalue weighted by atomic mass is 16.5. The predicted molar refractivity (Wildman–Crippen MR) is 128 cm³/mol. The van der Waals surface area contributed by atoms with Gasteiger partial charge in [-0.15, -0.1) is 0 Å². The summed E-state index contributed by atoms with van der Waals surface area (Å²) >= 11 is 0. The zero-order valence-corrected chi connectivity index (χ0v) is 20.7. The normalized spacial score (nSPS) is 30.0. The molecular weight excluding hydrogens is 486 g/mol. The summed E-state index contributed by atoms with van der Waals surface area (Å²) in [6.07, 6.45) is -0.164. The summed E-state index contributed by atoms with van der Waals surface area (Å²) in [7, 11) is 4.25. The smallest absolute Gasteiger partial charge is 0.309 e. The molecule has 0 saturated heterocycles. The van der Waals surface area contributed by atoms with Crippen molar-refractivity contribution >= 4 is 29.1 Å². The third-order valence-electron chi connectivity index (χ3n) is 7.94. The Balaban J connectivity index is 2.06. The number of aromatic hydroxyl groups is 1. The quantitative estimate of drug-likeness (QED) is 0.136. The molecule has 0 heterocycles. The van der Waals surface area contributed by atoms with Gasteiger partial charge < -0.3 is 36.6 Å². The number of aliphatic hydroxyl groups excluding tert-OH is 2. The van der Waals surface area contributed by atoms with E-state index < -0.39 is 87.2 Å². The van der Waals surface area contributed by atoms with Crippen LogP contribution in [0.1, 0.15) is 35.2 Å². The number of fused-ring (bicyclic) bond motifs is 3. The van der Waals surface area contributed by atoms with Crippen LogP contribution in [0.15, 0.2) is 34.8 Å². The molecule has 0 fully saturated rings. The van der Waals surface area contributed by atoms with E-state index in [-0.39, 0.29) is 23.2 Å². The predicted octanol–water partition coefficient (Wildman–Crippen LogP) is 0.0530. The van der Waals surface area contributed by atoms with Gasteiger partial charge in [0.05, 0.1) is 30.3 Å². The van der Waals surface area contributed by atoms with Crippen LogP contribution in [-0.2, 0) is 19.1 Å². The van der Waals surface area contributed by atoms with E-state index in [1.807, 2.05) is 0 Å². The number of anilines is 1. The van der Waals surface area contributed by atoms with E-state index in [9.17, 15) is 39.6 Å². The fourth-order valence-corrected chi connectivity index (χ4v) is 6.28. The molecule has 3 aliphatic rings. The number of phenolic OH excluding ortho intramolecular Hbond substituents is 1. The Hall–Kier alpha value is -3.90. The van der Waals surface area contributed by atoms with Crippen LogP contribution in [0, 0.1) is 17.8 Å². The third-order valence-corrected chi connectivity index (χ3v) is 7.94. The number of esters is 1. The van der Waals surface area contributed by atoms with E-state index >= 15 is 0 Å². The lowest BCUT2D eigenvalue weighted by atomic mass is 9.55. The Morgan fingerprint density at radius 2 is 1.81 bits per heavy atom. The van der Waals surface area contributed by atoms with Crippen molar-refractivity contribution in [3.63, 3.8) is 0 Å². The van der Waals surface area contributed by atoms with Crippen LogP contribution in [0.2, 0.25) is 0 Å². The number of benzene rings is 1. The fourth-order valence-electron chi connectivity index (χ4n) is 6.28. The largest absolute Gasteiger partial charge is 0.510 e. The number of hydrogen-bond acceptors (Lipinski definition) is 11. The molecule has 1 amide bonds. The molecule has 1 aromatic carbocycles. The summed E-state index contributed by atoms with van der Waals surface area (Å²) < 4.78 is 4.93. The Bertz CT molecular complexity index is 1310. The van der Waals surface area contributed by atoms with Gasteiger partial charge in [0.15, 0.2) is 11.4 Å². The van der Waals surface area contributed by atoms with Crippen LogP contribution in [0.4, 0.5) is 5.69 Å². The maximum absolute atomic E-state index is 13.7. The monoisotopic (exact) mass is 515 g/mol. The second kappa shape index (κ2) is 8.60. The van der Waals surface area contributed by atoms with E-state index in [1.54, 1.807) is 6.92 Å². The molecule has 0 aromatic heterocycles. The molecule has 37 heavy (non-hydrogen) atoms. The summed E-state index contributed by atoms with van der Waals surface area (Å²) in [4.78, 5) is 53.3. The number of ether oxygens (including phenoxy) is 1. The summed E-state index contributed by atoms with van der Waals surface area (Å²) in [6.45, 7) is 1.55. The fraction of sp³-hybridized carbons (Fsp3) is 0.440. The van der Waals surface area contributed by atoms with Crippen LogP contribution in [0.25, 0.3) is 0 Å². The number of allylic oxidation sites excluding steroid dienone is 1. The number of rotatable bonds is 4. The van der Waals surface area contributed by atoms with Crippen molar-refractivity contribution in [3.05, 3.63) is 45.9 Å². The minimum absolute atomic E-state index is 0.132. The molecule has 0 spiro atoms. The SMILES string of the molecule is COC(=O)C(C)[C@H]1c2ccc(N)c(O)c2C(=O)C2=C(O)[C@]3(O)C(=O)C(C(N)=O)=C(O)[C@@H](N(C)C)[C@@H]3C[C@@H]21. The van der Waals surface area contributed by atoms with Gasteiger partial charge in [-0.2, -0.15) is 0 Å². The van der Waals surface area contributed by atoms with Crippen LogP contribution in [-0.4, -0.2) is 81.6 Å². The van der Waals surface area contributed by atoms with Gasteiger partial charge in [-0.3, -0.25) is 24.1 Å². The molecule has 0 bridgehead atoms. The second-order valence-corrected chi connectivity index (χ2v) is 9.97. The molecule has 1 unspecified atom stereocenters. The number of Topliss-reactive ketones (excluding diaryl/α,β-unsaturated/α-hetero) is 2. The highest BCUT2D eigenvalue weighted by Crippen LogP contribution is 2.57. The zero-order valence-electron chi connectivity index (χ0n) is 20.7. The van der Waals surface area contributed by atoms with Crippen LogP contribution in [0.5, 0.6) is 5.75 Å². The average molecular weight is 516 g/mol. The maximum Gasteiger partial charge on any atom is 0.309 e. The van der Waals surface area contributed by atoms with Crippen molar-refractivity contribution in [2.75, 3.05) is 26.9 Å². The number of nitrogen functional groups attached to an aromatic ring is 1. The van der Waals surface area contributed by atoms with E-state index in [1.165, 1.54) is 38.2 Å². The lowest BCUT2D eigenvalue weighted by Crippen LogP contribution is -2.64. The van der Waals surface area contributed by atoms with Gasteiger partial charge in [0, 0.05) is 17.4 Å². The molecule has 0 radical (unpaired) electrons. The van der Waals surface area contributed by atoms with Crippen molar-refractivity contribution in [3.8, 4) is 5.75 Å². The first-order valence-electron chi connectivity index (χ1n) is 11.6. The minimum atomic E-state index is -2.79. The van der Waals surface area contributed by atoms with Crippen molar-refractivity contribution in [2.45, 2.75) is 30.9 Å². The van der Waals surface area contributed by atoms with Gasteiger partial charge in [-0.05, 0) is 38.1 Å². The molecular formula is C25H29N3O9. The minimum Gasteiger partial charge on any atom is -0.510 e. The molecule has 198 valence electrons. The molecule has 6 atom stereocenters. The summed E-state index contributed by atoms with van der Waals surface area (Å²) in [6, 6.07) is 1.73. The first-order valence-corrected chi connectivity index (χ1v) is 11.6. The number of ketones is 2. The molecule has 0 saturated carbocycles. The Labute approximate surface area is 211 Å². The van der Waals surface area contributed by atoms with Gasteiger partial charge >= 0.3 is 5.97 Å². The van der Waals surface area contributed by atoms with Crippen LogP contribution in [0.3, 0.4) is 0 Å². The average Bonchev–Trinajstić information content (AvgIpc) is 2.82. The number of carbonyl (C=O) groups excluding carboxylic acids is 4. The van der Waals surface area contributed by atoms with Crippen molar-refractivity contribution in [1.82, 2.24) is 4.90 Å². The standard InChI is InChI=1S/C25H29N3O9/c1-8(24(35)37-4)13-9-5-6-12(26)18(29)14(9)19(30)15-10(13)7-11-17(28(2)3)20(31)16(23(27)34)22(33)25(11,36)21(15)32/h5-6,8,10-11,13,17,29,31-32,36H,7,26H2,1-4H3,(H2,27,34)/t8?,10-,11+,13+,17+,25+/m1/s1. The first kappa shape index (κ1) is 26.2. The maximum atomic E-state index is 13.7. The van der Waals surface area contributed by atoms with Crippen LogP contribution >= 0.6 is 0 Å². The van der Waals surface area contributed by atoms with E-state index in [2.05, 4.69) is 0 Å². The molecule has 12 nitrogen and oxygen atoms in total. The van der Waals surface area contributed by atoms with Gasteiger partial charge in [0.2, 0.25) is 5.78 Å². The third kappa shape index (κ3) is 3.36. The number of nitrogens with zero attached hydrogens (tertiary/aromatic N) is 1. The van der Waals surface area contributed by atoms with Gasteiger partial charge in [-0.25, -0.2) is 0 Å². The van der Waals surface area contributed by atoms with Crippen molar-refractivity contribution in [1.29, 1.82) is 0 Å². The van der Waals surface area contributed by atoms with Crippen molar-refractivity contribution in [2.24, 2.45) is 23.5 Å². The van der Waals surface area contributed by atoms with Gasteiger partial charge in [0.1, 0.15) is 22.8 Å². The number of carbonyl (C=O) groups is 4. The molecule has 4 rings (SSSR count). The topological polar surface area (TPSA) is 214 Å². The van der Waals surface area contributed by atoms with E-state index in [4.69, 9.17) is 16.2 Å². The Morgan fingerprint density at radius 1 is 1.19 bits per heavy atom. The van der Waals surface area contributed by atoms with E-state index in [0.717, 1.165) is 0 Å². The summed E-state index contributed by atoms with van der Waals surface area (Å²) in [5.74, 6) is -10.4. The first-order chi connectivity index (χ1) is 17.2. The number of aliphatic hydroxyl groups is 3. The number of amides is 1. The lowest BCUT2D eigenvalue weighted by Gasteiger charge is -2.52. The highest BCUT2D eigenvalue weighted by Gasteiger charge is 2.64. The molecule has 3 aliphatic carbocycles. The van der Waals surface area contributed by atoms with Gasteiger partial charge in [-0.1, -0.05) is 13.0 Å². The zero-order chi connectivity index (χ0) is 27.7. The number of likely N-dealkylation sites (N-methyl/N-ethyl adjacent to an activating group) is 1. The summed E-state index contributed by atoms with van der Waals surface area (Å²) in [5, 5.41) is 44.7. The number of nitrogens with two attached hydrogens (primary N) is 2. The molecule has 1 aromatic rings. The molecule has 0 aliphatic heterocycles. The highest BCUT2D eigenvalue weighted by molar-refractivity contribution is 6.25. The number of phenols is 1. The number of methoxy groups -OCH3 is 1. The lowest BCUT2D eigenvalue weighted by molar-refractivity contribution is -0.151. The molecule has 8 N–H and O–H groups in total. The van der Waals surface area contributed by atoms with Crippen LogP contribution < -0.4 is 11.5 Å². The van der Waals surface area contributed by atoms with Gasteiger partial charge in [0.25, 0.3) is 5.91 Å². The van der Waals surface area contributed by atoms with Crippen molar-refractivity contribution < 1.29 is 44.3 Å². The molecule has 12 heteroatoms.